The molecule has 12 rings (SSSR count). The van der Waals surface area contributed by atoms with Crippen molar-refractivity contribution in [2.75, 3.05) is 5.32 Å². The van der Waals surface area contributed by atoms with Gasteiger partial charge in [-0.2, -0.15) is 0 Å². The van der Waals surface area contributed by atoms with Crippen LogP contribution in [0.25, 0.3) is 80.7 Å². The van der Waals surface area contributed by atoms with Crippen LogP contribution in [0.2, 0.25) is 0 Å². The fraction of sp³-hybridized carbons (Fsp3) is 0.0370. The van der Waals surface area contributed by atoms with Crippen LogP contribution in [0.5, 0.6) is 0 Å². The number of anilines is 2. The summed E-state index contributed by atoms with van der Waals surface area (Å²) in [5.41, 5.74) is 15.2. The van der Waals surface area contributed by atoms with Crippen LogP contribution < -0.4 is 5.32 Å². The van der Waals surface area contributed by atoms with Gasteiger partial charge in [-0.05, 0) is 105 Å². The summed E-state index contributed by atoms with van der Waals surface area (Å²) >= 11 is 1.87. The molecule has 0 saturated carbocycles. The second-order valence-corrected chi connectivity index (χ2v) is 16.4. The molecule has 0 radical (unpaired) electrons. The molecule has 0 spiro atoms. The summed E-state index contributed by atoms with van der Waals surface area (Å²) in [4.78, 5) is 0. The van der Waals surface area contributed by atoms with Crippen LogP contribution in [-0.4, -0.2) is 4.57 Å². The van der Waals surface area contributed by atoms with Gasteiger partial charge in [0.2, 0.25) is 0 Å². The maximum absolute atomic E-state index is 3.86. The number of benzene rings is 9. The minimum atomic E-state index is 0.350. The quantitative estimate of drug-likeness (QED) is 0.186. The van der Waals surface area contributed by atoms with Crippen molar-refractivity contribution in [2.24, 2.45) is 0 Å². The Morgan fingerprint density at radius 2 is 1.23 bits per heavy atom. The van der Waals surface area contributed by atoms with Gasteiger partial charge in [0.1, 0.15) is 0 Å². The third-order valence-corrected chi connectivity index (χ3v) is 13.2. The van der Waals surface area contributed by atoms with Gasteiger partial charge in [-0.25, -0.2) is 0 Å². The number of aromatic nitrogens is 1. The Balaban J connectivity index is 0.898. The summed E-state index contributed by atoms with van der Waals surface area (Å²) in [7, 11) is 0. The molecule has 1 N–H and O–H groups in total. The third kappa shape index (κ3) is 5.24. The average Bonchev–Trinajstić information content (AvgIpc) is 3.80. The van der Waals surface area contributed by atoms with E-state index >= 15 is 0 Å². The summed E-state index contributed by atoms with van der Waals surface area (Å²) in [5.74, 6) is 0.350. The van der Waals surface area contributed by atoms with E-state index in [0.29, 0.717) is 5.92 Å². The molecule has 0 bridgehead atoms. The van der Waals surface area contributed by atoms with Crippen LogP contribution in [0.15, 0.2) is 194 Å². The van der Waals surface area contributed by atoms with Gasteiger partial charge >= 0.3 is 0 Å². The summed E-state index contributed by atoms with van der Waals surface area (Å²) in [6.07, 6.45) is 0.989. The van der Waals surface area contributed by atoms with Crippen molar-refractivity contribution in [3.63, 3.8) is 0 Å². The van der Waals surface area contributed by atoms with Crippen LogP contribution in [0.3, 0.4) is 0 Å². The first-order chi connectivity index (χ1) is 28.2. The molecule has 57 heavy (non-hydrogen) atoms. The first-order valence-corrected chi connectivity index (χ1v) is 20.6. The van der Waals surface area contributed by atoms with Gasteiger partial charge in [0.05, 0.1) is 11.0 Å². The molecule has 9 aromatic carbocycles. The molecule has 1 unspecified atom stereocenters. The molecule has 0 aliphatic heterocycles. The van der Waals surface area contributed by atoms with Gasteiger partial charge in [-0.1, -0.05) is 140 Å². The van der Waals surface area contributed by atoms with Crippen LogP contribution in [0, 0.1) is 0 Å². The molecule has 11 aromatic rings. The predicted octanol–water partition coefficient (Wildman–Crippen LogP) is 15.1. The van der Waals surface area contributed by atoms with Crippen molar-refractivity contribution >= 4 is 75.5 Å². The van der Waals surface area contributed by atoms with Crippen molar-refractivity contribution in [1.82, 2.24) is 4.57 Å². The lowest BCUT2D eigenvalue weighted by Crippen LogP contribution is -2.13. The van der Waals surface area contributed by atoms with Crippen LogP contribution >= 0.6 is 11.3 Å². The third-order valence-electron chi connectivity index (χ3n) is 12.1. The molecule has 0 fully saturated rings. The van der Waals surface area contributed by atoms with Gasteiger partial charge in [0.15, 0.2) is 0 Å². The monoisotopic (exact) mass is 744 g/mol. The standard InChI is InChI=1S/C54H36N2S/c1-2-12-35(13-3-1)47-31-39-15-10-19-49(54(39)46-18-7-6-16-42(46)47)55-40-24-27-45-44-26-22-38(32-52(44)57-53(45)33-40)37-23-28-51-48(30-37)43-17-8-9-20-50(43)56(51)41-25-21-34-11-4-5-14-36(34)29-41/h1-30,32-33,47,55H,31H2. The average molecular weight is 745 g/mol. The molecular formula is C54H36N2S. The number of nitrogens with one attached hydrogen (secondary N) is 1. The number of nitrogens with zero attached hydrogens (tertiary/aromatic N) is 1. The highest BCUT2D eigenvalue weighted by Crippen LogP contribution is 2.47. The Morgan fingerprint density at radius 3 is 2.16 bits per heavy atom. The zero-order valence-corrected chi connectivity index (χ0v) is 31.9. The fourth-order valence-corrected chi connectivity index (χ4v) is 10.7. The number of hydrogen-bond acceptors (Lipinski definition) is 2. The normalized spacial score (nSPS) is 13.7. The Hall–Kier alpha value is -6.94. The van der Waals surface area contributed by atoms with Gasteiger partial charge in [0, 0.05) is 59.5 Å². The summed E-state index contributed by atoms with van der Waals surface area (Å²) < 4.78 is 5.00. The molecular weight excluding hydrogens is 709 g/mol. The van der Waals surface area contributed by atoms with E-state index in [9.17, 15) is 0 Å². The lowest BCUT2D eigenvalue weighted by atomic mass is 9.75. The minimum Gasteiger partial charge on any atom is -0.355 e. The van der Waals surface area contributed by atoms with Crippen LogP contribution in [-0.2, 0) is 6.42 Å². The van der Waals surface area contributed by atoms with E-state index in [4.69, 9.17) is 0 Å². The number of fused-ring (bicyclic) bond motifs is 10. The zero-order valence-electron chi connectivity index (χ0n) is 31.1. The van der Waals surface area contributed by atoms with Crippen LogP contribution in [0.1, 0.15) is 22.6 Å². The minimum absolute atomic E-state index is 0.350. The molecule has 0 amide bonds. The van der Waals surface area contributed by atoms with Crippen LogP contribution in [0.4, 0.5) is 11.4 Å². The number of rotatable bonds is 5. The van der Waals surface area contributed by atoms with E-state index < -0.39 is 0 Å². The van der Waals surface area contributed by atoms with Gasteiger partial charge < -0.3 is 9.88 Å². The van der Waals surface area contributed by atoms with Gasteiger partial charge in [0.25, 0.3) is 0 Å². The largest absolute Gasteiger partial charge is 0.355 e. The molecule has 268 valence electrons. The number of thiophene rings is 1. The fourth-order valence-electron chi connectivity index (χ4n) is 9.47. The molecule has 2 aromatic heterocycles. The Kier molecular flexibility index (Phi) is 7.26. The molecule has 1 aliphatic carbocycles. The SMILES string of the molecule is c1ccc(C2Cc3cccc(Nc4ccc5c(c4)sc4cc(-c6ccc7c(c6)c6ccccc6n7-c6ccc7ccccc7c6)ccc45)c3-c3ccccc32)cc1. The molecule has 2 heterocycles. The summed E-state index contributed by atoms with van der Waals surface area (Å²) in [6.45, 7) is 0. The first kappa shape index (κ1) is 32.3. The molecule has 0 saturated heterocycles. The number of hydrogen-bond donors (Lipinski definition) is 1. The zero-order chi connectivity index (χ0) is 37.5. The van der Waals surface area contributed by atoms with E-state index in [1.54, 1.807) is 0 Å². The Morgan fingerprint density at radius 1 is 0.491 bits per heavy atom. The van der Waals surface area contributed by atoms with Crippen molar-refractivity contribution in [1.29, 1.82) is 0 Å². The van der Waals surface area contributed by atoms with E-state index in [2.05, 4.69) is 204 Å². The maximum Gasteiger partial charge on any atom is 0.0541 e. The number of para-hydroxylation sites is 1. The second-order valence-electron chi connectivity index (χ2n) is 15.4. The first-order valence-electron chi connectivity index (χ1n) is 19.8. The topological polar surface area (TPSA) is 17.0 Å². The summed E-state index contributed by atoms with van der Waals surface area (Å²) in [6, 6.07) is 71.6. The molecule has 2 nitrogen and oxygen atoms in total. The maximum atomic E-state index is 3.86. The predicted molar refractivity (Wildman–Crippen MR) is 244 cm³/mol. The second kappa shape index (κ2) is 12.8. The Labute approximate surface area is 334 Å². The lowest BCUT2D eigenvalue weighted by Gasteiger charge is -2.30. The summed E-state index contributed by atoms with van der Waals surface area (Å²) in [5, 5.41) is 11.5. The van der Waals surface area contributed by atoms with E-state index in [1.165, 1.54) is 97.4 Å². The van der Waals surface area contributed by atoms with E-state index in [0.717, 1.165) is 17.8 Å². The Bertz CT molecular complexity index is 3370. The molecule has 1 aliphatic rings. The van der Waals surface area contributed by atoms with E-state index in [1.807, 2.05) is 11.3 Å². The lowest BCUT2D eigenvalue weighted by molar-refractivity contribution is 0.794. The highest BCUT2D eigenvalue weighted by atomic mass is 32.1. The van der Waals surface area contributed by atoms with Crippen molar-refractivity contribution < 1.29 is 0 Å². The van der Waals surface area contributed by atoms with Crippen molar-refractivity contribution in [3.05, 3.63) is 211 Å². The van der Waals surface area contributed by atoms with Crippen molar-refractivity contribution in [3.8, 4) is 27.9 Å². The van der Waals surface area contributed by atoms with Gasteiger partial charge in [-0.15, -0.1) is 11.3 Å². The van der Waals surface area contributed by atoms with Gasteiger partial charge in [-0.3, -0.25) is 0 Å². The highest BCUT2D eigenvalue weighted by molar-refractivity contribution is 7.25. The molecule has 3 heteroatoms. The van der Waals surface area contributed by atoms with E-state index in [-0.39, 0.29) is 0 Å². The van der Waals surface area contributed by atoms with Crippen molar-refractivity contribution in [2.45, 2.75) is 12.3 Å². The smallest absolute Gasteiger partial charge is 0.0541 e. The highest BCUT2D eigenvalue weighted by Gasteiger charge is 2.27. The molecule has 1 atom stereocenters.